The van der Waals surface area contributed by atoms with Crippen molar-refractivity contribution in [1.29, 1.82) is 0 Å². The van der Waals surface area contributed by atoms with Gasteiger partial charge in [-0.3, -0.25) is 0 Å². The van der Waals surface area contributed by atoms with E-state index in [-0.39, 0.29) is 12.2 Å². The highest BCUT2D eigenvalue weighted by molar-refractivity contribution is 6.17. The van der Waals surface area contributed by atoms with E-state index in [1.807, 2.05) is 6.92 Å². The Hall–Kier alpha value is -0.440. The summed E-state index contributed by atoms with van der Waals surface area (Å²) < 4.78 is 9.01. The van der Waals surface area contributed by atoms with Crippen LogP contribution in [0.1, 0.15) is 20.3 Å². The molecule has 0 amide bonds. The summed E-state index contributed by atoms with van der Waals surface area (Å²) in [5.41, 5.74) is 0. The summed E-state index contributed by atoms with van der Waals surface area (Å²) >= 11 is 5.10. The number of hydrogen-bond acceptors (Lipinski definition) is 3. The molecule has 0 aliphatic carbocycles. The Kier molecular flexibility index (Phi) is 5.12. The summed E-state index contributed by atoms with van der Waals surface area (Å²) in [7, 11) is 0. The van der Waals surface area contributed by atoms with Gasteiger partial charge in [-0.1, -0.05) is 18.5 Å². The van der Waals surface area contributed by atoms with Crippen molar-refractivity contribution < 1.29 is 14.3 Å². The van der Waals surface area contributed by atoms with Crippen molar-refractivity contribution in [3.8, 4) is 0 Å². The summed E-state index contributed by atoms with van der Waals surface area (Å²) in [6, 6.07) is -0.157. The van der Waals surface area contributed by atoms with Gasteiger partial charge in [0, 0.05) is 0 Å². The molecule has 10 heavy (non-hydrogen) atoms. The van der Waals surface area contributed by atoms with Gasteiger partial charge in [-0.15, -0.1) is 0 Å². The smallest absolute Gasteiger partial charge is 0.431 e. The molecule has 3 nitrogen and oxygen atoms in total. The first-order valence-corrected chi connectivity index (χ1v) is 3.63. The van der Waals surface area contributed by atoms with Crippen molar-refractivity contribution in [2.24, 2.45) is 0 Å². The first-order valence-electron chi connectivity index (χ1n) is 3.10. The molecule has 0 radical (unpaired) electrons. The molecular weight excluding hydrogens is 156 g/mol. The average molecular weight is 167 g/mol. The van der Waals surface area contributed by atoms with Crippen LogP contribution in [0.2, 0.25) is 0 Å². The molecule has 0 heterocycles. The first-order chi connectivity index (χ1) is 4.70. The fraction of sp³-hybridized carbons (Fsp3) is 0.833. The Morgan fingerprint density at radius 2 is 2.30 bits per heavy atom. The van der Waals surface area contributed by atoms with Crippen molar-refractivity contribution in [2.75, 3.05) is 6.07 Å². The van der Waals surface area contributed by atoms with Crippen molar-refractivity contribution in [3.63, 3.8) is 0 Å². The second-order valence-corrected chi connectivity index (χ2v) is 2.06. The van der Waals surface area contributed by atoms with E-state index in [9.17, 15) is 4.79 Å². The molecule has 4 heteroatoms. The largest absolute Gasteiger partial charge is 0.509 e. The molecule has 1 atom stereocenters. The number of ether oxygens (including phenoxy) is 2. The Bertz CT molecular complexity index is 105. The zero-order valence-electron chi connectivity index (χ0n) is 6.09. The highest BCUT2D eigenvalue weighted by atomic mass is 35.5. The Labute approximate surface area is 65.3 Å². The third-order valence-corrected chi connectivity index (χ3v) is 1.15. The normalized spacial score (nSPS) is 12.3. The molecule has 0 N–H and O–H groups in total. The minimum atomic E-state index is -0.704. The molecule has 0 bridgehead atoms. The van der Waals surface area contributed by atoms with Gasteiger partial charge in [0.25, 0.3) is 0 Å². The first kappa shape index (κ1) is 9.56. The van der Waals surface area contributed by atoms with Gasteiger partial charge in [-0.05, 0) is 13.3 Å². The quantitative estimate of drug-likeness (QED) is 0.476. The maximum Gasteiger partial charge on any atom is 0.509 e. The second-order valence-electron chi connectivity index (χ2n) is 1.84. The van der Waals surface area contributed by atoms with Crippen LogP contribution >= 0.6 is 11.6 Å². The van der Waals surface area contributed by atoms with E-state index >= 15 is 0 Å². The maximum atomic E-state index is 10.5. The number of rotatable bonds is 3. The molecule has 0 rings (SSSR count). The van der Waals surface area contributed by atoms with Crippen molar-refractivity contribution in [1.82, 2.24) is 0 Å². The number of carbonyl (C=O) groups excluding carboxylic acids is 1. The van der Waals surface area contributed by atoms with Crippen LogP contribution in [-0.2, 0) is 9.47 Å². The van der Waals surface area contributed by atoms with Crippen LogP contribution in [0.4, 0.5) is 4.79 Å². The standard InChI is InChI=1S/C6H11ClO3/c1-3-5(2)10-6(8)9-4-7/h5H,3-4H2,1-2H3/t5-/m1/s1. The minimum Gasteiger partial charge on any atom is -0.431 e. The SMILES string of the molecule is CC[C@@H](C)OC(=O)OCCl. The molecule has 0 aromatic carbocycles. The van der Waals surface area contributed by atoms with Crippen LogP contribution in [0.25, 0.3) is 0 Å². The number of halogens is 1. The second kappa shape index (κ2) is 5.35. The monoisotopic (exact) mass is 166 g/mol. The van der Waals surface area contributed by atoms with Gasteiger partial charge in [0.05, 0.1) is 0 Å². The molecule has 0 aromatic heterocycles. The Morgan fingerprint density at radius 3 is 2.70 bits per heavy atom. The van der Waals surface area contributed by atoms with Crippen molar-refractivity contribution in [2.45, 2.75) is 26.4 Å². The van der Waals surface area contributed by atoms with Crippen LogP contribution < -0.4 is 0 Å². The molecule has 0 aliphatic rings. The molecule has 0 spiro atoms. The molecule has 0 fully saturated rings. The fourth-order valence-corrected chi connectivity index (χ4v) is 0.415. The molecule has 0 saturated carbocycles. The molecule has 60 valence electrons. The van der Waals surface area contributed by atoms with E-state index in [1.165, 1.54) is 0 Å². The van der Waals surface area contributed by atoms with Gasteiger partial charge in [-0.25, -0.2) is 4.79 Å². The third-order valence-electron chi connectivity index (χ3n) is 1.04. The lowest BCUT2D eigenvalue weighted by molar-refractivity contribution is 0.0382. The lowest BCUT2D eigenvalue weighted by atomic mass is 10.3. The highest BCUT2D eigenvalue weighted by Crippen LogP contribution is 1.98. The Balaban J connectivity index is 3.37. The van der Waals surface area contributed by atoms with Gasteiger partial charge in [0.15, 0.2) is 6.07 Å². The summed E-state index contributed by atoms with van der Waals surface area (Å²) in [5.74, 6) is 0. The number of hydrogen-bond donors (Lipinski definition) is 0. The van der Waals surface area contributed by atoms with Crippen LogP contribution in [0.15, 0.2) is 0 Å². The number of alkyl halides is 1. The van der Waals surface area contributed by atoms with E-state index in [0.717, 1.165) is 6.42 Å². The van der Waals surface area contributed by atoms with Crippen molar-refractivity contribution in [3.05, 3.63) is 0 Å². The maximum absolute atomic E-state index is 10.5. The van der Waals surface area contributed by atoms with Gasteiger partial charge < -0.3 is 9.47 Å². The van der Waals surface area contributed by atoms with E-state index < -0.39 is 6.16 Å². The lowest BCUT2D eigenvalue weighted by Gasteiger charge is -2.08. The van der Waals surface area contributed by atoms with E-state index in [1.54, 1.807) is 6.92 Å². The molecule has 0 aliphatic heterocycles. The summed E-state index contributed by atoms with van der Waals surface area (Å²) in [6.45, 7) is 3.70. The van der Waals surface area contributed by atoms with Crippen LogP contribution in [-0.4, -0.2) is 18.3 Å². The summed E-state index contributed by atoms with van der Waals surface area (Å²) in [6.07, 6.45) is -0.0303. The molecule has 0 aromatic rings. The van der Waals surface area contributed by atoms with Crippen LogP contribution in [0, 0.1) is 0 Å². The molecule has 0 saturated heterocycles. The van der Waals surface area contributed by atoms with Gasteiger partial charge >= 0.3 is 6.16 Å². The summed E-state index contributed by atoms with van der Waals surface area (Å²) in [5, 5.41) is 0. The zero-order valence-corrected chi connectivity index (χ0v) is 6.85. The third kappa shape index (κ3) is 4.44. The van der Waals surface area contributed by atoms with Crippen LogP contribution in [0.3, 0.4) is 0 Å². The van der Waals surface area contributed by atoms with Gasteiger partial charge in [-0.2, -0.15) is 0 Å². The van der Waals surface area contributed by atoms with E-state index in [0.29, 0.717) is 0 Å². The fourth-order valence-electron chi connectivity index (χ4n) is 0.326. The lowest BCUT2D eigenvalue weighted by Crippen LogP contribution is -2.14. The number of carbonyl (C=O) groups is 1. The predicted octanol–water partition coefficient (Wildman–Crippen LogP) is 2.13. The molecule has 0 unspecified atom stereocenters. The van der Waals surface area contributed by atoms with E-state index in [2.05, 4.69) is 4.74 Å². The summed E-state index contributed by atoms with van der Waals surface area (Å²) in [4.78, 5) is 10.5. The van der Waals surface area contributed by atoms with Gasteiger partial charge in [0.1, 0.15) is 6.10 Å². The minimum absolute atomic E-state index is 0.101. The molecular formula is C6H11ClO3. The van der Waals surface area contributed by atoms with Gasteiger partial charge in [0.2, 0.25) is 0 Å². The van der Waals surface area contributed by atoms with E-state index in [4.69, 9.17) is 16.3 Å². The van der Waals surface area contributed by atoms with Crippen molar-refractivity contribution >= 4 is 17.8 Å². The predicted molar refractivity (Wildman–Crippen MR) is 38.0 cm³/mol. The topological polar surface area (TPSA) is 35.5 Å². The highest BCUT2D eigenvalue weighted by Gasteiger charge is 2.06. The Morgan fingerprint density at radius 1 is 1.70 bits per heavy atom. The zero-order chi connectivity index (χ0) is 7.98. The van der Waals surface area contributed by atoms with Crippen LogP contribution in [0.5, 0.6) is 0 Å². The average Bonchev–Trinajstić information content (AvgIpc) is 1.88.